The van der Waals surface area contributed by atoms with Gasteiger partial charge in [-0.25, -0.2) is 19.5 Å². The molecule has 1 N–H and O–H groups in total. The molecule has 5 rings (SSSR count). The van der Waals surface area contributed by atoms with E-state index in [0.717, 1.165) is 38.8 Å². The summed E-state index contributed by atoms with van der Waals surface area (Å²) in [7, 11) is 0. The number of hydrogen-bond acceptors (Lipinski definition) is 6. The third-order valence-corrected chi connectivity index (χ3v) is 5.02. The van der Waals surface area contributed by atoms with Gasteiger partial charge in [0.05, 0.1) is 28.8 Å². The van der Waals surface area contributed by atoms with Crippen molar-refractivity contribution in [2.75, 3.05) is 5.32 Å². The molecule has 5 aromatic rings. The third-order valence-electron chi connectivity index (χ3n) is 4.15. The Hall–Kier alpha value is -3.32. The van der Waals surface area contributed by atoms with Crippen LogP contribution in [0.3, 0.4) is 0 Å². The molecule has 1 aromatic carbocycles. The Balaban J connectivity index is 1.56. The van der Waals surface area contributed by atoms with Crippen molar-refractivity contribution in [3.63, 3.8) is 0 Å². The Kier molecular flexibility index (Phi) is 3.57. The minimum absolute atomic E-state index is 0.589. The van der Waals surface area contributed by atoms with E-state index in [4.69, 9.17) is 9.97 Å². The number of hydrogen-bond donors (Lipinski definition) is 1. The molecule has 7 heteroatoms. The fraction of sp³-hybridized carbons (Fsp3) is 0.0526. The SMILES string of the molecule is c1csc(-c2nc(NCc3ccnc4ccnn34)c3ccccc3n2)c1. The quantitative estimate of drug-likeness (QED) is 0.526. The fourth-order valence-corrected chi connectivity index (χ4v) is 3.58. The smallest absolute Gasteiger partial charge is 0.172 e. The minimum Gasteiger partial charge on any atom is -0.364 e. The van der Waals surface area contributed by atoms with Crippen LogP contribution in [-0.4, -0.2) is 24.6 Å². The lowest BCUT2D eigenvalue weighted by Crippen LogP contribution is -2.08. The van der Waals surface area contributed by atoms with Gasteiger partial charge in [-0.2, -0.15) is 5.10 Å². The lowest BCUT2D eigenvalue weighted by molar-refractivity contribution is 0.852. The van der Waals surface area contributed by atoms with Gasteiger partial charge in [-0.3, -0.25) is 0 Å². The van der Waals surface area contributed by atoms with Gasteiger partial charge in [-0.15, -0.1) is 11.3 Å². The summed E-state index contributed by atoms with van der Waals surface area (Å²) in [5, 5.41) is 10.8. The number of aromatic nitrogens is 5. The number of nitrogens with zero attached hydrogens (tertiary/aromatic N) is 5. The van der Waals surface area contributed by atoms with E-state index >= 15 is 0 Å². The van der Waals surface area contributed by atoms with Crippen molar-refractivity contribution in [2.24, 2.45) is 0 Å². The summed E-state index contributed by atoms with van der Waals surface area (Å²) < 4.78 is 1.83. The van der Waals surface area contributed by atoms with E-state index in [0.29, 0.717) is 6.54 Å². The van der Waals surface area contributed by atoms with Crippen LogP contribution in [0.4, 0.5) is 5.82 Å². The topological polar surface area (TPSA) is 68.0 Å². The molecule has 0 saturated carbocycles. The molecule has 0 aliphatic heterocycles. The number of nitrogens with one attached hydrogen (secondary N) is 1. The summed E-state index contributed by atoms with van der Waals surface area (Å²) in [4.78, 5) is 14.8. The highest BCUT2D eigenvalue weighted by Gasteiger charge is 2.10. The molecule has 4 aromatic heterocycles. The zero-order chi connectivity index (χ0) is 17.3. The third kappa shape index (κ3) is 2.58. The van der Waals surface area contributed by atoms with E-state index in [1.54, 1.807) is 23.7 Å². The fourth-order valence-electron chi connectivity index (χ4n) is 2.92. The number of anilines is 1. The molecule has 0 saturated heterocycles. The molecule has 4 heterocycles. The lowest BCUT2D eigenvalue weighted by atomic mass is 10.2. The first-order chi connectivity index (χ1) is 12.9. The highest BCUT2D eigenvalue weighted by atomic mass is 32.1. The zero-order valence-electron chi connectivity index (χ0n) is 13.7. The normalized spacial score (nSPS) is 11.2. The van der Waals surface area contributed by atoms with Gasteiger partial charge in [0.2, 0.25) is 0 Å². The molecule has 0 unspecified atom stereocenters. The standard InChI is InChI=1S/C19H14N6S/c1-2-5-15-14(4-1)18(24-19(23-15)16-6-3-11-26-16)21-12-13-7-9-20-17-8-10-22-25(13)17/h1-11H,12H2,(H,21,23,24). The Morgan fingerprint density at radius 2 is 1.92 bits per heavy atom. The summed E-state index contributed by atoms with van der Waals surface area (Å²) >= 11 is 1.64. The Morgan fingerprint density at radius 1 is 0.962 bits per heavy atom. The van der Waals surface area contributed by atoms with Crippen LogP contribution in [0, 0.1) is 0 Å². The molecule has 6 nitrogen and oxygen atoms in total. The minimum atomic E-state index is 0.589. The van der Waals surface area contributed by atoms with Gasteiger partial charge in [0.25, 0.3) is 0 Å². The molecular formula is C19H14N6S. The summed E-state index contributed by atoms with van der Waals surface area (Å²) in [6.07, 6.45) is 3.55. The van der Waals surface area contributed by atoms with Gasteiger partial charge in [0.15, 0.2) is 11.5 Å². The van der Waals surface area contributed by atoms with Gasteiger partial charge >= 0.3 is 0 Å². The Morgan fingerprint density at radius 3 is 2.85 bits per heavy atom. The average Bonchev–Trinajstić information content (AvgIpc) is 3.37. The van der Waals surface area contributed by atoms with E-state index in [9.17, 15) is 0 Å². The molecule has 0 radical (unpaired) electrons. The van der Waals surface area contributed by atoms with Crippen LogP contribution in [0.25, 0.3) is 27.3 Å². The molecule has 26 heavy (non-hydrogen) atoms. The van der Waals surface area contributed by atoms with Crippen molar-refractivity contribution in [3.8, 4) is 10.7 Å². The number of fused-ring (bicyclic) bond motifs is 2. The van der Waals surface area contributed by atoms with E-state index in [-0.39, 0.29) is 0 Å². The summed E-state index contributed by atoms with van der Waals surface area (Å²) in [5.41, 5.74) is 2.77. The Labute approximate surface area is 153 Å². The molecule has 0 fully saturated rings. The van der Waals surface area contributed by atoms with Gasteiger partial charge in [0.1, 0.15) is 5.82 Å². The van der Waals surface area contributed by atoms with Gasteiger partial charge in [-0.1, -0.05) is 18.2 Å². The zero-order valence-corrected chi connectivity index (χ0v) is 14.5. The first kappa shape index (κ1) is 15.0. The van der Waals surface area contributed by atoms with Gasteiger partial charge in [-0.05, 0) is 29.6 Å². The molecule has 0 aliphatic rings. The molecule has 0 spiro atoms. The molecule has 126 valence electrons. The molecule has 0 bridgehead atoms. The monoisotopic (exact) mass is 358 g/mol. The van der Waals surface area contributed by atoms with Crippen molar-refractivity contribution in [1.29, 1.82) is 0 Å². The predicted octanol–water partition coefficient (Wildman–Crippen LogP) is 4.01. The maximum atomic E-state index is 4.77. The Bertz CT molecular complexity index is 1200. The first-order valence-electron chi connectivity index (χ1n) is 8.21. The van der Waals surface area contributed by atoms with Crippen LogP contribution >= 0.6 is 11.3 Å². The van der Waals surface area contributed by atoms with E-state index < -0.39 is 0 Å². The van der Waals surface area contributed by atoms with E-state index in [1.807, 2.05) is 58.4 Å². The molecule has 0 atom stereocenters. The van der Waals surface area contributed by atoms with Crippen LogP contribution in [0.2, 0.25) is 0 Å². The molecule has 0 amide bonds. The van der Waals surface area contributed by atoms with Crippen molar-refractivity contribution >= 4 is 33.7 Å². The van der Waals surface area contributed by atoms with Crippen molar-refractivity contribution in [2.45, 2.75) is 6.54 Å². The second-order valence-corrected chi connectivity index (χ2v) is 6.73. The average molecular weight is 358 g/mol. The second-order valence-electron chi connectivity index (χ2n) is 5.78. The van der Waals surface area contributed by atoms with E-state index in [2.05, 4.69) is 15.4 Å². The summed E-state index contributed by atoms with van der Waals surface area (Å²) in [6, 6.07) is 15.9. The van der Waals surface area contributed by atoms with Gasteiger partial charge < -0.3 is 5.32 Å². The van der Waals surface area contributed by atoms with Crippen LogP contribution in [-0.2, 0) is 6.54 Å². The highest BCUT2D eigenvalue weighted by Crippen LogP contribution is 2.27. The number of thiophene rings is 1. The lowest BCUT2D eigenvalue weighted by Gasteiger charge is -2.11. The van der Waals surface area contributed by atoms with Crippen molar-refractivity contribution in [1.82, 2.24) is 24.6 Å². The van der Waals surface area contributed by atoms with E-state index in [1.165, 1.54) is 0 Å². The maximum Gasteiger partial charge on any atom is 0.172 e. The second kappa shape index (κ2) is 6.20. The van der Waals surface area contributed by atoms with Crippen LogP contribution < -0.4 is 5.32 Å². The first-order valence-corrected chi connectivity index (χ1v) is 9.08. The van der Waals surface area contributed by atoms with Crippen LogP contribution in [0.5, 0.6) is 0 Å². The summed E-state index contributed by atoms with van der Waals surface area (Å²) in [5.74, 6) is 1.55. The molecular weight excluding hydrogens is 344 g/mol. The number of rotatable bonds is 4. The maximum absolute atomic E-state index is 4.77. The highest BCUT2D eigenvalue weighted by molar-refractivity contribution is 7.13. The largest absolute Gasteiger partial charge is 0.364 e. The summed E-state index contributed by atoms with van der Waals surface area (Å²) in [6.45, 7) is 0.589. The van der Waals surface area contributed by atoms with Crippen LogP contribution in [0.15, 0.2) is 66.3 Å². The van der Waals surface area contributed by atoms with Crippen molar-refractivity contribution in [3.05, 3.63) is 72.0 Å². The van der Waals surface area contributed by atoms with Gasteiger partial charge in [0, 0.05) is 17.6 Å². The van der Waals surface area contributed by atoms with Crippen molar-refractivity contribution < 1.29 is 0 Å². The molecule has 0 aliphatic carbocycles. The number of benzene rings is 1. The number of para-hydroxylation sites is 1. The van der Waals surface area contributed by atoms with Crippen LogP contribution in [0.1, 0.15) is 5.69 Å². The predicted molar refractivity (Wildman–Crippen MR) is 103 cm³/mol.